The van der Waals surface area contributed by atoms with Crippen molar-refractivity contribution in [1.82, 2.24) is 0 Å². The number of esters is 1. The predicted molar refractivity (Wildman–Crippen MR) is 81.7 cm³/mol. The van der Waals surface area contributed by atoms with Gasteiger partial charge in [0.2, 0.25) is 0 Å². The molecule has 4 heteroatoms. The first-order valence-corrected chi connectivity index (χ1v) is 7.63. The largest absolute Gasteiger partial charge is 0.478 e. The first-order valence-electron chi connectivity index (χ1n) is 7.63. The van der Waals surface area contributed by atoms with Crippen LogP contribution in [0.5, 0.6) is 0 Å². The van der Waals surface area contributed by atoms with Gasteiger partial charge in [-0.3, -0.25) is 0 Å². The van der Waals surface area contributed by atoms with Gasteiger partial charge >= 0.3 is 11.9 Å². The number of unbranched alkanes of at least 4 members (excludes halogenated alkanes) is 3. The molecule has 0 saturated heterocycles. The third-order valence-electron chi connectivity index (χ3n) is 3.49. The summed E-state index contributed by atoms with van der Waals surface area (Å²) in [4.78, 5) is 23.3. The first kappa shape index (κ1) is 17.2. The number of hydrogen-bond acceptors (Lipinski definition) is 3. The van der Waals surface area contributed by atoms with E-state index in [2.05, 4.69) is 6.92 Å². The van der Waals surface area contributed by atoms with Crippen LogP contribution in [-0.4, -0.2) is 23.1 Å². The van der Waals surface area contributed by atoms with Gasteiger partial charge in [0.05, 0.1) is 11.1 Å². The van der Waals surface area contributed by atoms with Gasteiger partial charge in [-0.05, 0) is 31.4 Å². The Hall–Kier alpha value is -1.84. The molecule has 4 nitrogen and oxygen atoms in total. The van der Waals surface area contributed by atoms with Gasteiger partial charge in [0.25, 0.3) is 0 Å². The number of rotatable bonds is 9. The van der Waals surface area contributed by atoms with Crippen LogP contribution in [0.25, 0.3) is 0 Å². The van der Waals surface area contributed by atoms with E-state index in [4.69, 9.17) is 9.84 Å². The predicted octanol–water partition coefficient (Wildman–Crippen LogP) is 4.29. The SMILES string of the molecule is CCCCCCC(CC)OC(=O)c1ccccc1C(=O)O. The highest BCUT2D eigenvalue weighted by Gasteiger charge is 2.19. The summed E-state index contributed by atoms with van der Waals surface area (Å²) in [5.74, 6) is -1.66. The Labute approximate surface area is 126 Å². The number of carboxylic acid groups (broad SMARTS) is 1. The average molecular weight is 292 g/mol. The molecule has 0 amide bonds. The molecule has 1 aromatic rings. The number of hydrogen-bond donors (Lipinski definition) is 1. The third-order valence-corrected chi connectivity index (χ3v) is 3.49. The lowest BCUT2D eigenvalue weighted by Crippen LogP contribution is -2.19. The molecule has 0 saturated carbocycles. The zero-order chi connectivity index (χ0) is 15.7. The molecule has 21 heavy (non-hydrogen) atoms. The van der Waals surface area contributed by atoms with Crippen LogP contribution in [0.1, 0.15) is 73.1 Å². The van der Waals surface area contributed by atoms with Crippen molar-refractivity contribution in [3.05, 3.63) is 35.4 Å². The summed E-state index contributed by atoms with van der Waals surface area (Å²) in [7, 11) is 0. The third kappa shape index (κ3) is 5.58. The fraction of sp³-hybridized carbons (Fsp3) is 0.529. The van der Waals surface area contributed by atoms with Crippen LogP contribution in [0.3, 0.4) is 0 Å². The zero-order valence-corrected chi connectivity index (χ0v) is 12.8. The summed E-state index contributed by atoms with van der Waals surface area (Å²) in [6.07, 6.45) is 5.95. The van der Waals surface area contributed by atoms with E-state index < -0.39 is 11.9 Å². The second-order valence-electron chi connectivity index (χ2n) is 5.14. The lowest BCUT2D eigenvalue weighted by Gasteiger charge is -2.16. The van der Waals surface area contributed by atoms with Crippen LogP contribution in [0, 0.1) is 0 Å². The molecular weight excluding hydrogens is 268 g/mol. The van der Waals surface area contributed by atoms with Gasteiger partial charge in [-0.25, -0.2) is 9.59 Å². The highest BCUT2D eigenvalue weighted by molar-refractivity contribution is 6.02. The molecule has 1 N–H and O–H groups in total. The molecule has 1 atom stereocenters. The second kappa shape index (κ2) is 9.16. The minimum Gasteiger partial charge on any atom is -0.478 e. The molecule has 0 heterocycles. The van der Waals surface area contributed by atoms with Crippen molar-refractivity contribution in [3.63, 3.8) is 0 Å². The van der Waals surface area contributed by atoms with Crippen molar-refractivity contribution < 1.29 is 19.4 Å². The average Bonchev–Trinajstić information content (AvgIpc) is 2.50. The maximum Gasteiger partial charge on any atom is 0.339 e. The molecule has 0 aliphatic heterocycles. The molecule has 0 bridgehead atoms. The molecule has 1 aromatic carbocycles. The van der Waals surface area contributed by atoms with Gasteiger partial charge in [-0.1, -0.05) is 45.2 Å². The number of benzene rings is 1. The van der Waals surface area contributed by atoms with Crippen molar-refractivity contribution in [2.75, 3.05) is 0 Å². The van der Waals surface area contributed by atoms with E-state index in [1.807, 2.05) is 6.92 Å². The first-order chi connectivity index (χ1) is 10.1. The summed E-state index contributed by atoms with van der Waals surface area (Å²) in [6.45, 7) is 4.13. The van der Waals surface area contributed by atoms with Crippen LogP contribution in [-0.2, 0) is 4.74 Å². The minimum absolute atomic E-state index is 0.0108. The Morgan fingerprint density at radius 3 is 2.33 bits per heavy atom. The molecule has 116 valence electrons. The fourth-order valence-corrected chi connectivity index (χ4v) is 2.21. The summed E-state index contributed by atoms with van der Waals surface area (Å²) >= 11 is 0. The summed E-state index contributed by atoms with van der Waals surface area (Å²) in [5.41, 5.74) is 0.111. The van der Waals surface area contributed by atoms with Crippen molar-refractivity contribution in [1.29, 1.82) is 0 Å². The lowest BCUT2D eigenvalue weighted by atomic mass is 10.1. The number of carboxylic acids is 1. The number of ether oxygens (including phenoxy) is 1. The van der Waals surface area contributed by atoms with Crippen molar-refractivity contribution in [3.8, 4) is 0 Å². The molecular formula is C17H24O4. The minimum atomic E-state index is -1.11. The van der Waals surface area contributed by atoms with Crippen molar-refractivity contribution in [2.24, 2.45) is 0 Å². The van der Waals surface area contributed by atoms with E-state index in [-0.39, 0.29) is 17.2 Å². The number of aromatic carboxylic acids is 1. The standard InChI is InChI=1S/C17H24O4/c1-3-5-6-7-10-13(4-2)21-17(20)15-12-9-8-11-14(15)16(18)19/h8-9,11-13H,3-7,10H2,1-2H3,(H,18,19). The van der Waals surface area contributed by atoms with E-state index >= 15 is 0 Å². The maximum absolute atomic E-state index is 12.1. The van der Waals surface area contributed by atoms with E-state index in [1.54, 1.807) is 12.1 Å². The van der Waals surface area contributed by atoms with Gasteiger partial charge in [0.15, 0.2) is 0 Å². The van der Waals surface area contributed by atoms with Crippen molar-refractivity contribution >= 4 is 11.9 Å². The van der Waals surface area contributed by atoms with Gasteiger partial charge in [0.1, 0.15) is 6.10 Å². The molecule has 0 aliphatic carbocycles. The highest BCUT2D eigenvalue weighted by atomic mass is 16.5. The highest BCUT2D eigenvalue weighted by Crippen LogP contribution is 2.16. The molecule has 0 fully saturated rings. The maximum atomic E-state index is 12.1. The molecule has 0 aliphatic rings. The van der Waals surface area contributed by atoms with Gasteiger partial charge in [-0.15, -0.1) is 0 Å². The van der Waals surface area contributed by atoms with Gasteiger partial charge in [0, 0.05) is 0 Å². The topological polar surface area (TPSA) is 63.6 Å². The summed E-state index contributed by atoms with van der Waals surface area (Å²) < 4.78 is 5.45. The van der Waals surface area contributed by atoms with E-state index in [0.717, 1.165) is 25.7 Å². The van der Waals surface area contributed by atoms with Gasteiger partial charge in [-0.2, -0.15) is 0 Å². The van der Waals surface area contributed by atoms with Crippen LogP contribution in [0.2, 0.25) is 0 Å². The van der Waals surface area contributed by atoms with Crippen molar-refractivity contribution in [2.45, 2.75) is 58.5 Å². The Bertz CT molecular complexity index is 468. The zero-order valence-electron chi connectivity index (χ0n) is 12.8. The quantitative estimate of drug-likeness (QED) is 0.544. The van der Waals surface area contributed by atoms with E-state index in [1.165, 1.54) is 25.0 Å². The summed E-state index contributed by atoms with van der Waals surface area (Å²) in [6, 6.07) is 6.16. The van der Waals surface area contributed by atoms with Crippen LogP contribution >= 0.6 is 0 Å². The number of carbonyl (C=O) groups excluding carboxylic acids is 1. The summed E-state index contributed by atoms with van der Waals surface area (Å²) in [5, 5.41) is 9.10. The van der Waals surface area contributed by atoms with Crippen LogP contribution < -0.4 is 0 Å². The molecule has 0 radical (unpaired) electrons. The Kier molecular flexibility index (Phi) is 7.51. The molecule has 1 rings (SSSR count). The Morgan fingerprint density at radius 2 is 1.76 bits per heavy atom. The van der Waals surface area contributed by atoms with Crippen LogP contribution in [0.4, 0.5) is 0 Å². The van der Waals surface area contributed by atoms with Crippen LogP contribution in [0.15, 0.2) is 24.3 Å². The Balaban J connectivity index is 2.64. The van der Waals surface area contributed by atoms with Gasteiger partial charge < -0.3 is 9.84 Å². The monoisotopic (exact) mass is 292 g/mol. The molecule has 1 unspecified atom stereocenters. The molecule has 0 aromatic heterocycles. The van der Waals surface area contributed by atoms with E-state index in [0.29, 0.717) is 0 Å². The smallest absolute Gasteiger partial charge is 0.339 e. The van der Waals surface area contributed by atoms with E-state index in [9.17, 15) is 9.59 Å². The fourth-order valence-electron chi connectivity index (χ4n) is 2.21. The normalized spacial score (nSPS) is 11.9. The second-order valence-corrected chi connectivity index (χ2v) is 5.14. The molecule has 0 spiro atoms. The number of carbonyl (C=O) groups is 2. The lowest BCUT2D eigenvalue weighted by molar-refractivity contribution is 0.0262. The Morgan fingerprint density at radius 1 is 1.10 bits per heavy atom.